The maximum atomic E-state index is 12.1. The van der Waals surface area contributed by atoms with Crippen molar-refractivity contribution >= 4 is 16.0 Å². The van der Waals surface area contributed by atoms with E-state index in [1.165, 1.54) is 4.31 Å². The summed E-state index contributed by atoms with van der Waals surface area (Å²) in [6.07, 6.45) is 2.98. The second-order valence-electron chi connectivity index (χ2n) is 4.35. The third kappa shape index (κ3) is 2.73. The van der Waals surface area contributed by atoms with E-state index in [1.807, 2.05) is 12.1 Å². The van der Waals surface area contributed by atoms with E-state index in [-0.39, 0.29) is 18.2 Å². The summed E-state index contributed by atoms with van der Waals surface area (Å²) in [5.41, 5.74) is 0.867. The number of rotatable bonds is 5. The molecular formula is C11H16N2O4S. The van der Waals surface area contributed by atoms with Crippen LogP contribution >= 0.6 is 0 Å². The van der Waals surface area contributed by atoms with Gasteiger partial charge in [-0.05, 0) is 25.0 Å². The lowest BCUT2D eigenvalue weighted by atomic mass is 10.2. The van der Waals surface area contributed by atoms with Crippen molar-refractivity contribution in [3.05, 3.63) is 24.0 Å². The van der Waals surface area contributed by atoms with Gasteiger partial charge < -0.3 is 10.1 Å². The highest BCUT2D eigenvalue weighted by atomic mass is 32.2. The number of nitrogens with one attached hydrogen (secondary N) is 1. The lowest BCUT2D eigenvalue weighted by molar-refractivity contribution is -0.136. The molecule has 1 aromatic rings. The Balaban J connectivity index is 2.14. The van der Waals surface area contributed by atoms with Gasteiger partial charge >= 0.3 is 5.97 Å². The van der Waals surface area contributed by atoms with Crippen molar-refractivity contribution in [2.75, 3.05) is 12.3 Å². The summed E-state index contributed by atoms with van der Waals surface area (Å²) in [7, 11) is -3.50. The molecule has 0 saturated carbocycles. The molecular weight excluding hydrogens is 256 g/mol. The SMILES string of the molecule is O=C(O)CCS(=O)(=O)N1CCCC1c1ccc[nH]1. The van der Waals surface area contributed by atoms with Crippen LogP contribution in [0.2, 0.25) is 0 Å². The van der Waals surface area contributed by atoms with Crippen LogP contribution in [0.3, 0.4) is 0 Å². The van der Waals surface area contributed by atoms with Crippen LogP contribution in [0.1, 0.15) is 31.0 Å². The fourth-order valence-corrected chi connectivity index (χ4v) is 3.95. The summed E-state index contributed by atoms with van der Waals surface area (Å²) < 4.78 is 25.6. The van der Waals surface area contributed by atoms with Crippen molar-refractivity contribution in [1.82, 2.24) is 9.29 Å². The molecule has 1 aromatic heterocycles. The summed E-state index contributed by atoms with van der Waals surface area (Å²) in [4.78, 5) is 13.5. The van der Waals surface area contributed by atoms with Crippen LogP contribution in [-0.4, -0.2) is 41.1 Å². The average Bonchev–Trinajstić information content (AvgIpc) is 2.96. The zero-order valence-corrected chi connectivity index (χ0v) is 10.7. The minimum absolute atomic E-state index is 0.182. The van der Waals surface area contributed by atoms with Gasteiger partial charge in [0.1, 0.15) is 0 Å². The van der Waals surface area contributed by atoms with Crippen molar-refractivity contribution in [3.8, 4) is 0 Å². The van der Waals surface area contributed by atoms with Crippen LogP contribution in [0.5, 0.6) is 0 Å². The molecule has 0 amide bonds. The maximum Gasteiger partial charge on any atom is 0.304 e. The quantitative estimate of drug-likeness (QED) is 0.835. The Bertz CT molecular complexity index is 509. The summed E-state index contributed by atoms with van der Waals surface area (Å²) in [6, 6.07) is 3.50. The molecule has 1 fully saturated rings. The van der Waals surface area contributed by atoms with Crippen LogP contribution in [0.25, 0.3) is 0 Å². The number of carbonyl (C=O) groups is 1. The molecule has 1 unspecified atom stereocenters. The highest BCUT2D eigenvalue weighted by Gasteiger charge is 2.35. The molecule has 2 heterocycles. The third-order valence-electron chi connectivity index (χ3n) is 3.12. The zero-order valence-electron chi connectivity index (χ0n) is 9.87. The molecule has 2 rings (SSSR count). The highest BCUT2D eigenvalue weighted by molar-refractivity contribution is 7.89. The molecule has 7 heteroatoms. The molecule has 0 radical (unpaired) electrons. The molecule has 1 aliphatic rings. The molecule has 100 valence electrons. The third-order valence-corrected chi connectivity index (χ3v) is 4.99. The van der Waals surface area contributed by atoms with Crippen molar-refractivity contribution in [1.29, 1.82) is 0 Å². The van der Waals surface area contributed by atoms with Gasteiger partial charge in [-0.2, -0.15) is 4.31 Å². The monoisotopic (exact) mass is 272 g/mol. The number of H-pyrrole nitrogens is 1. The summed E-state index contributed by atoms with van der Waals surface area (Å²) >= 11 is 0. The standard InChI is InChI=1S/C11H16N2O4S/c14-11(15)5-8-18(16,17)13-7-2-4-10(13)9-3-1-6-12-9/h1,3,6,10,12H,2,4-5,7-8H2,(H,14,15). The number of nitrogens with zero attached hydrogens (tertiary/aromatic N) is 1. The van der Waals surface area contributed by atoms with E-state index in [4.69, 9.17) is 5.11 Å². The molecule has 1 atom stereocenters. The molecule has 1 saturated heterocycles. The first-order valence-electron chi connectivity index (χ1n) is 5.85. The minimum Gasteiger partial charge on any atom is -0.481 e. The number of sulfonamides is 1. The van der Waals surface area contributed by atoms with E-state index < -0.39 is 16.0 Å². The number of aliphatic carboxylic acids is 1. The first-order chi connectivity index (χ1) is 8.50. The molecule has 18 heavy (non-hydrogen) atoms. The molecule has 0 aromatic carbocycles. The van der Waals surface area contributed by atoms with Crippen molar-refractivity contribution in [3.63, 3.8) is 0 Å². The van der Waals surface area contributed by atoms with Crippen LogP contribution in [-0.2, 0) is 14.8 Å². The Morgan fingerprint density at radius 3 is 2.94 bits per heavy atom. The second-order valence-corrected chi connectivity index (χ2v) is 6.40. The Morgan fingerprint density at radius 2 is 2.33 bits per heavy atom. The average molecular weight is 272 g/mol. The first-order valence-corrected chi connectivity index (χ1v) is 7.46. The smallest absolute Gasteiger partial charge is 0.304 e. The van der Waals surface area contributed by atoms with Crippen LogP contribution in [0, 0.1) is 0 Å². The largest absolute Gasteiger partial charge is 0.481 e. The van der Waals surface area contributed by atoms with Crippen molar-refractivity contribution in [2.24, 2.45) is 0 Å². The van der Waals surface area contributed by atoms with Crippen LogP contribution in [0.15, 0.2) is 18.3 Å². The van der Waals surface area contributed by atoms with Gasteiger partial charge in [0.15, 0.2) is 0 Å². The molecule has 1 aliphatic heterocycles. The topological polar surface area (TPSA) is 90.5 Å². The van der Waals surface area contributed by atoms with Gasteiger partial charge in [-0.3, -0.25) is 4.79 Å². The van der Waals surface area contributed by atoms with Gasteiger partial charge in [0.05, 0.1) is 18.2 Å². The van der Waals surface area contributed by atoms with E-state index in [2.05, 4.69) is 4.98 Å². The Kier molecular flexibility index (Phi) is 3.72. The zero-order chi connectivity index (χ0) is 13.2. The fraction of sp³-hybridized carbons (Fsp3) is 0.545. The number of aromatic nitrogens is 1. The lowest BCUT2D eigenvalue weighted by Gasteiger charge is -2.23. The fourth-order valence-electron chi connectivity index (χ4n) is 2.27. The van der Waals surface area contributed by atoms with E-state index >= 15 is 0 Å². The van der Waals surface area contributed by atoms with Crippen LogP contribution in [0.4, 0.5) is 0 Å². The predicted molar refractivity (Wildman–Crippen MR) is 65.5 cm³/mol. The van der Waals surface area contributed by atoms with E-state index in [9.17, 15) is 13.2 Å². The summed E-state index contributed by atoms with van der Waals surface area (Å²) in [5, 5.41) is 8.58. The van der Waals surface area contributed by atoms with Gasteiger partial charge in [0.25, 0.3) is 0 Å². The molecule has 0 bridgehead atoms. The number of carboxylic acids is 1. The normalized spacial score (nSPS) is 21.2. The van der Waals surface area contributed by atoms with Crippen LogP contribution < -0.4 is 0 Å². The van der Waals surface area contributed by atoms with Gasteiger partial charge in [0.2, 0.25) is 10.0 Å². The summed E-state index contributed by atoms with van der Waals surface area (Å²) in [5.74, 6) is -1.42. The van der Waals surface area contributed by atoms with Crippen molar-refractivity contribution < 1.29 is 18.3 Å². The first kappa shape index (κ1) is 13.1. The van der Waals surface area contributed by atoms with Crippen molar-refractivity contribution in [2.45, 2.75) is 25.3 Å². The summed E-state index contributed by atoms with van der Waals surface area (Å²) in [6.45, 7) is 0.464. The second kappa shape index (κ2) is 5.11. The van der Waals surface area contributed by atoms with Gasteiger partial charge in [0, 0.05) is 18.4 Å². The molecule has 0 aliphatic carbocycles. The van der Waals surface area contributed by atoms with E-state index in [0.29, 0.717) is 6.54 Å². The Morgan fingerprint density at radius 1 is 1.56 bits per heavy atom. The van der Waals surface area contributed by atoms with E-state index in [1.54, 1.807) is 6.20 Å². The number of hydrogen-bond donors (Lipinski definition) is 2. The number of carboxylic acid groups (broad SMARTS) is 1. The number of aromatic amines is 1. The molecule has 6 nitrogen and oxygen atoms in total. The molecule has 2 N–H and O–H groups in total. The maximum absolute atomic E-state index is 12.1. The van der Waals surface area contributed by atoms with Gasteiger partial charge in [-0.1, -0.05) is 0 Å². The highest BCUT2D eigenvalue weighted by Crippen LogP contribution is 2.33. The Hall–Kier alpha value is -1.34. The lowest BCUT2D eigenvalue weighted by Crippen LogP contribution is -2.33. The Labute approximate surface area is 106 Å². The molecule has 0 spiro atoms. The number of hydrogen-bond acceptors (Lipinski definition) is 3. The predicted octanol–water partition coefficient (Wildman–Crippen LogP) is 0.956. The van der Waals surface area contributed by atoms with Gasteiger partial charge in [-0.15, -0.1) is 0 Å². The minimum atomic E-state index is -3.50. The van der Waals surface area contributed by atoms with Gasteiger partial charge in [-0.25, -0.2) is 8.42 Å². The van der Waals surface area contributed by atoms with E-state index in [0.717, 1.165) is 18.5 Å².